The number of piperazine rings is 1. The lowest BCUT2D eigenvalue weighted by atomic mass is 9.85. The molecule has 7 atom stereocenters. The van der Waals surface area contributed by atoms with E-state index in [4.69, 9.17) is 5.73 Å². The summed E-state index contributed by atoms with van der Waals surface area (Å²) in [5, 5.41) is 35.7. The molecule has 1 unspecified atom stereocenters. The lowest BCUT2D eigenvalue weighted by Crippen LogP contribution is -2.63. The molecule has 4 heterocycles. The van der Waals surface area contributed by atoms with Crippen molar-refractivity contribution in [1.29, 1.82) is 0 Å². The second-order valence-corrected chi connectivity index (χ2v) is 16.7. The summed E-state index contributed by atoms with van der Waals surface area (Å²) in [5.74, 6) is -3.98. The first-order valence-electron chi connectivity index (χ1n) is 17.7. The van der Waals surface area contributed by atoms with E-state index in [0.29, 0.717) is 12.1 Å². The quantitative estimate of drug-likeness (QED) is 0.172. The molecule has 2 aromatic rings. The standard InChI is InChI=1S/C35H49N9O8S2/c1-18-28(54-17-39-18)20-7-5-19(6-8-20)27-33(51)38-13-26(47)43-10-9-37-12-24(43)32(50)40-22(30(36)48)15-53-16-25(46)41-29(35(2,3)4)34(52)44-14-21(45)11-23(44)31(49)42-27/h5-8,17,21-25,27,29,37,41,45-46H,9-16H2,1-4H3,(H2,36,48)(H,38,51)(H,40,50)(H,42,49)/t21-,22-,23+,24-,25?,27-,29-/m1/s1. The normalized spacial score (nSPS) is 28.6. The van der Waals surface area contributed by atoms with Gasteiger partial charge in [0, 0.05) is 44.1 Å². The number of fused-ring (bicyclic) bond motifs is 2. The van der Waals surface area contributed by atoms with Gasteiger partial charge in [-0.2, -0.15) is 11.8 Å². The summed E-state index contributed by atoms with van der Waals surface area (Å²) in [7, 11) is 0. The maximum Gasteiger partial charge on any atom is 0.247 e. The first-order chi connectivity index (χ1) is 25.5. The molecule has 0 radical (unpaired) electrons. The number of hydrogen-bond acceptors (Lipinski definition) is 13. The highest BCUT2D eigenvalue weighted by molar-refractivity contribution is 7.99. The van der Waals surface area contributed by atoms with E-state index in [9.17, 15) is 39.0 Å². The lowest BCUT2D eigenvalue weighted by molar-refractivity contribution is -0.144. The van der Waals surface area contributed by atoms with Crippen LogP contribution in [0.25, 0.3) is 10.4 Å². The molecule has 5 rings (SSSR count). The van der Waals surface area contributed by atoms with Gasteiger partial charge < -0.3 is 47.0 Å². The minimum Gasteiger partial charge on any atom is -0.391 e. The minimum absolute atomic E-state index is 0.00153. The van der Waals surface area contributed by atoms with Gasteiger partial charge in [0.05, 0.1) is 34.8 Å². The maximum atomic E-state index is 14.2. The van der Waals surface area contributed by atoms with Gasteiger partial charge in [-0.15, -0.1) is 11.3 Å². The van der Waals surface area contributed by atoms with Crippen LogP contribution in [-0.2, 0) is 28.8 Å². The van der Waals surface area contributed by atoms with Gasteiger partial charge in [0.15, 0.2) is 0 Å². The number of aliphatic hydroxyl groups excluding tert-OH is 2. The molecule has 17 nitrogen and oxygen atoms in total. The Balaban J connectivity index is 1.49. The number of carbonyl (C=O) groups is 6. The van der Waals surface area contributed by atoms with Crippen molar-refractivity contribution in [3.05, 3.63) is 41.0 Å². The van der Waals surface area contributed by atoms with Crippen LogP contribution in [0.1, 0.15) is 44.5 Å². The Morgan fingerprint density at radius 3 is 2.31 bits per heavy atom. The van der Waals surface area contributed by atoms with Crippen molar-refractivity contribution in [3.8, 4) is 10.4 Å². The zero-order valence-electron chi connectivity index (χ0n) is 30.7. The molecule has 3 saturated heterocycles. The summed E-state index contributed by atoms with van der Waals surface area (Å²) in [5.41, 5.74) is 8.64. The van der Waals surface area contributed by atoms with Crippen LogP contribution >= 0.6 is 23.1 Å². The van der Waals surface area contributed by atoms with Gasteiger partial charge in [-0.1, -0.05) is 45.0 Å². The van der Waals surface area contributed by atoms with Crippen molar-refractivity contribution >= 4 is 58.5 Å². The largest absolute Gasteiger partial charge is 0.391 e. The average Bonchev–Trinajstić information content (AvgIpc) is 3.75. The fourth-order valence-electron chi connectivity index (χ4n) is 6.71. The summed E-state index contributed by atoms with van der Waals surface area (Å²) in [6, 6.07) is 1.28. The Morgan fingerprint density at radius 2 is 1.67 bits per heavy atom. The molecule has 0 saturated carbocycles. The number of aryl methyl sites for hydroxylation is 1. The maximum absolute atomic E-state index is 14.2. The van der Waals surface area contributed by atoms with Gasteiger partial charge in [0.25, 0.3) is 0 Å². The van der Waals surface area contributed by atoms with E-state index in [1.165, 1.54) is 21.1 Å². The zero-order valence-corrected chi connectivity index (χ0v) is 32.3. The molecular weight excluding hydrogens is 739 g/mol. The van der Waals surface area contributed by atoms with E-state index in [2.05, 4.69) is 31.6 Å². The molecule has 0 spiro atoms. The highest BCUT2D eigenvalue weighted by atomic mass is 32.2. The van der Waals surface area contributed by atoms with Crippen LogP contribution < -0.4 is 32.3 Å². The molecule has 19 heteroatoms. The number of primary amides is 1. The summed E-state index contributed by atoms with van der Waals surface area (Å²) < 4.78 is 0. The molecule has 294 valence electrons. The van der Waals surface area contributed by atoms with Crippen LogP contribution in [-0.4, -0.2) is 141 Å². The van der Waals surface area contributed by atoms with E-state index in [1.807, 2.05) is 6.92 Å². The number of rotatable bonds is 3. The monoisotopic (exact) mass is 787 g/mol. The molecule has 0 aliphatic carbocycles. The number of thioether (sulfide) groups is 1. The fraction of sp³-hybridized carbons (Fsp3) is 0.571. The lowest BCUT2D eigenvalue weighted by Gasteiger charge is -2.37. The Morgan fingerprint density at radius 1 is 0.963 bits per heavy atom. The smallest absolute Gasteiger partial charge is 0.247 e. The Labute approximate surface area is 321 Å². The van der Waals surface area contributed by atoms with Crippen LogP contribution in [0.5, 0.6) is 0 Å². The van der Waals surface area contributed by atoms with Crippen LogP contribution in [0.15, 0.2) is 29.8 Å². The van der Waals surface area contributed by atoms with Crippen LogP contribution in [0.4, 0.5) is 0 Å². The molecule has 9 N–H and O–H groups in total. The third-order valence-corrected chi connectivity index (χ3v) is 11.7. The minimum atomic E-state index is -1.32. The van der Waals surface area contributed by atoms with Crippen LogP contribution in [0.3, 0.4) is 0 Å². The molecular formula is C35H49N9O8S2. The van der Waals surface area contributed by atoms with Gasteiger partial charge in [0.2, 0.25) is 35.4 Å². The molecule has 3 aliphatic heterocycles. The number of aromatic nitrogens is 1. The molecule has 0 bridgehead atoms. The first kappa shape index (κ1) is 41.0. The topological polar surface area (TPSA) is 248 Å². The Kier molecular flexibility index (Phi) is 13.3. The van der Waals surface area contributed by atoms with Crippen LogP contribution in [0.2, 0.25) is 0 Å². The number of benzene rings is 1. The number of nitrogens with zero attached hydrogens (tertiary/aromatic N) is 3. The van der Waals surface area contributed by atoms with Gasteiger partial charge in [0.1, 0.15) is 30.4 Å². The summed E-state index contributed by atoms with van der Waals surface area (Å²) >= 11 is 2.57. The van der Waals surface area contributed by atoms with Gasteiger partial charge >= 0.3 is 0 Å². The van der Waals surface area contributed by atoms with Gasteiger partial charge in [-0.25, -0.2) is 4.98 Å². The molecule has 54 heavy (non-hydrogen) atoms. The number of aliphatic hydroxyl groups is 2. The molecule has 1 aromatic heterocycles. The summed E-state index contributed by atoms with van der Waals surface area (Å²) in [6.45, 7) is 7.18. The number of nitrogens with one attached hydrogen (secondary N) is 5. The van der Waals surface area contributed by atoms with E-state index < -0.39 is 89.9 Å². The molecule has 6 amide bonds. The average molecular weight is 788 g/mol. The number of thiazole rings is 1. The highest BCUT2D eigenvalue weighted by Crippen LogP contribution is 2.30. The number of nitrogens with two attached hydrogens (primary N) is 1. The third kappa shape index (κ3) is 9.74. The van der Waals surface area contributed by atoms with E-state index in [-0.39, 0.29) is 37.6 Å². The van der Waals surface area contributed by atoms with Gasteiger partial charge in [-0.3, -0.25) is 34.1 Å². The van der Waals surface area contributed by atoms with Crippen LogP contribution in [0, 0.1) is 12.3 Å². The number of amides is 6. The van der Waals surface area contributed by atoms with Gasteiger partial charge in [-0.05, 0) is 23.5 Å². The highest BCUT2D eigenvalue weighted by Gasteiger charge is 2.45. The predicted octanol–water partition coefficient (Wildman–Crippen LogP) is -1.81. The Hall–Kier alpha value is -4.14. The summed E-state index contributed by atoms with van der Waals surface area (Å²) in [4.78, 5) is 89.4. The van der Waals surface area contributed by atoms with Crippen molar-refractivity contribution in [2.24, 2.45) is 11.1 Å². The molecule has 3 fully saturated rings. The number of hydrogen-bond donors (Lipinski definition) is 8. The third-order valence-electron chi connectivity index (χ3n) is 9.64. The fourth-order valence-corrected chi connectivity index (χ4v) is 8.46. The SMILES string of the molecule is Cc1ncsc1-c1ccc([C@H]2NC(=O)[C@@H]3C[C@@H](O)CN3C(=O)[C@H](C(C)(C)C)NC(O)CSC[C@H](C(N)=O)NC(=O)[C@H]3CNCCN3C(=O)CNC2=O)cc1. The second kappa shape index (κ2) is 17.5. The van der Waals surface area contributed by atoms with E-state index >= 15 is 0 Å². The summed E-state index contributed by atoms with van der Waals surface area (Å²) in [6.07, 6.45) is -2.39. The zero-order chi connectivity index (χ0) is 39.3. The van der Waals surface area contributed by atoms with E-state index in [0.717, 1.165) is 27.9 Å². The number of carbonyl (C=O) groups excluding carboxylic acids is 6. The van der Waals surface area contributed by atoms with Crippen molar-refractivity contribution < 1.29 is 39.0 Å². The molecule has 1 aromatic carbocycles. The van der Waals surface area contributed by atoms with Crippen molar-refractivity contribution in [2.45, 2.75) is 76.7 Å². The first-order valence-corrected chi connectivity index (χ1v) is 19.8. The Bertz CT molecular complexity index is 1720. The van der Waals surface area contributed by atoms with Crippen molar-refractivity contribution in [1.82, 2.24) is 41.4 Å². The second-order valence-electron chi connectivity index (χ2n) is 14.7. The molecule has 3 aliphatic rings. The predicted molar refractivity (Wildman–Crippen MR) is 202 cm³/mol. The van der Waals surface area contributed by atoms with Crippen molar-refractivity contribution in [3.63, 3.8) is 0 Å². The van der Waals surface area contributed by atoms with E-state index in [1.54, 1.807) is 50.5 Å². The van der Waals surface area contributed by atoms with Crippen molar-refractivity contribution in [2.75, 3.05) is 44.2 Å².